The van der Waals surface area contributed by atoms with Crippen LogP contribution in [0.5, 0.6) is 0 Å². The molecule has 6 heteroatoms. The Morgan fingerprint density at radius 2 is 1.88 bits per heavy atom. The molecule has 0 saturated carbocycles. The van der Waals surface area contributed by atoms with Gasteiger partial charge >= 0.3 is 6.18 Å². The molecule has 1 nitrogen and oxygen atoms in total. The number of hydrogen-bond acceptors (Lipinski definition) is 1. The van der Waals surface area contributed by atoms with Gasteiger partial charge in [-0.1, -0.05) is 12.1 Å². The fourth-order valence-electron chi connectivity index (χ4n) is 1.10. The van der Waals surface area contributed by atoms with Crippen LogP contribution >= 0.6 is 12.4 Å². The van der Waals surface area contributed by atoms with Crippen molar-refractivity contribution in [3.05, 3.63) is 47.8 Å². The summed E-state index contributed by atoms with van der Waals surface area (Å²) in [6.45, 7) is 3.37. The van der Waals surface area contributed by atoms with E-state index in [-0.39, 0.29) is 18.0 Å². The molecule has 0 aliphatic rings. The Morgan fingerprint density at radius 3 is 2.25 bits per heavy atom. The zero-order chi connectivity index (χ0) is 11.6. The summed E-state index contributed by atoms with van der Waals surface area (Å²) in [6.07, 6.45) is -3.36. The number of nitrogens with two attached hydrogens (primary N) is 1. The summed E-state index contributed by atoms with van der Waals surface area (Å²) in [5.41, 5.74) is 4.43. The lowest BCUT2D eigenvalue weighted by Gasteiger charge is -2.11. The van der Waals surface area contributed by atoms with Crippen LogP contribution in [0.4, 0.5) is 17.6 Å². The first-order valence-electron chi connectivity index (χ1n) is 4.11. The van der Waals surface area contributed by atoms with Gasteiger partial charge in [-0.15, -0.1) is 19.0 Å². The zero-order valence-corrected chi connectivity index (χ0v) is 8.91. The molecular formula is C10H10ClF4N. The molecule has 1 aromatic rings. The van der Waals surface area contributed by atoms with Crippen LogP contribution in [0, 0.1) is 5.82 Å². The smallest absolute Gasteiger partial charge is 0.321 e. The molecule has 0 amide bonds. The van der Waals surface area contributed by atoms with E-state index in [1.54, 1.807) is 0 Å². The predicted octanol–water partition coefficient (Wildman–Crippen LogP) is 3.45. The molecule has 0 spiro atoms. The molecule has 1 rings (SSSR count). The molecule has 90 valence electrons. The molecule has 1 atom stereocenters. The summed E-state index contributed by atoms with van der Waals surface area (Å²) in [7, 11) is 0. The monoisotopic (exact) mass is 255 g/mol. The fourth-order valence-corrected chi connectivity index (χ4v) is 1.10. The Morgan fingerprint density at radius 1 is 1.31 bits per heavy atom. The molecule has 0 fully saturated rings. The van der Waals surface area contributed by atoms with E-state index >= 15 is 0 Å². The highest BCUT2D eigenvalue weighted by Gasteiger charge is 2.33. The van der Waals surface area contributed by atoms with Gasteiger partial charge in [0, 0.05) is 6.04 Å². The Labute approximate surface area is 96.4 Å². The van der Waals surface area contributed by atoms with Crippen LogP contribution in [0.2, 0.25) is 0 Å². The minimum atomic E-state index is -4.68. The van der Waals surface area contributed by atoms with E-state index < -0.39 is 23.6 Å². The second-order valence-electron chi connectivity index (χ2n) is 3.00. The highest BCUT2D eigenvalue weighted by Crippen LogP contribution is 2.32. The van der Waals surface area contributed by atoms with Crippen LogP contribution in [0.3, 0.4) is 0 Å². The zero-order valence-electron chi connectivity index (χ0n) is 8.09. The summed E-state index contributed by atoms with van der Waals surface area (Å²) in [4.78, 5) is 0. The van der Waals surface area contributed by atoms with Gasteiger partial charge in [0.05, 0.1) is 5.56 Å². The number of hydrogen-bond donors (Lipinski definition) is 1. The lowest BCUT2D eigenvalue weighted by atomic mass is 10.0. The van der Waals surface area contributed by atoms with Gasteiger partial charge in [-0.2, -0.15) is 13.2 Å². The second-order valence-corrected chi connectivity index (χ2v) is 3.00. The van der Waals surface area contributed by atoms with Gasteiger partial charge in [0.25, 0.3) is 0 Å². The average Bonchev–Trinajstić information content (AvgIpc) is 2.14. The third-order valence-corrected chi connectivity index (χ3v) is 1.94. The normalized spacial score (nSPS) is 12.8. The van der Waals surface area contributed by atoms with Gasteiger partial charge in [0.15, 0.2) is 0 Å². The fraction of sp³-hybridized carbons (Fsp3) is 0.200. The molecule has 0 aromatic heterocycles. The van der Waals surface area contributed by atoms with E-state index in [1.807, 2.05) is 0 Å². The van der Waals surface area contributed by atoms with Crippen LogP contribution in [0.1, 0.15) is 17.2 Å². The Kier molecular flexibility index (Phi) is 4.96. The topological polar surface area (TPSA) is 26.0 Å². The Hall–Kier alpha value is -1.07. The summed E-state index contributed by atoms with van der Waals surface area (Å²) in [5, 5.41) is 0. The number of alkyl halides is 3. The van der Waals surface area contributed by atoms with E-state index in [0.717, 1.165) is 12.1 Å². The summed E-state index contributed by atoms with van der Waals surface area (Å²) in [5.74, 6) is -1.32. The molecule has 16 heavy (non-hydrogen) atoms. The van der Waals surface area contributed by atoms with Gasteiger partial charge in [-0.3, -0.25) is 0 Å². The highest BCUT2D eigenvalue weighted by molar-refractivity contribution is 5.85. The molecule has 0 radical (unpaired) electrons. The first-order chi connectivity index (χ1) is 6.86. The number of rotatable bonds is 2. The molecule has 2 N–H and O–H groups in total. The molecule has 0 heterocycles. The minimum absolute atomic E-state index is 0. The third-order valence-electron chi connectivity index (χ3n) is 1.94. The van der Waals surface area contributed by atoms with Crippen LogP contribution < -0.4 is 5.73 Å². The third kappa shape index (κ3) is 3.21. The van der Waals surface area contributed by atoms with Crippen molar-refractivity contribution >= 4 is 12.4 Å². The molecule has 0 aliphatic heterocycles. The largest absolute Gasteiger partial charge is 0.419 e. The van der Waals surface area contributed by atoms with Crippen molar-refractivity contribution in [2.75, 3.05) is 0 Å². The van der Waals surface area contributed by atoms with Crippen molar-refractivity contribution in [3.8, 4) is 0 Å². The van der Waals surface area contributed by atoms with Gasteiger partial charge in [0.1, 0.15) is 5.82 Å². The van der Waals surface area contributed by atoms with Crippen LogP contribution in [0.25, 0.3) is 0 Å². The predicted molar refractivity (Wildman–Crippen MR) is 55.8 cm³/mol. The van der Waals surface area contributed by atoms with Gasteiger partial charge < -0.3 is 5.73 Å². The van der Waals surface area contributed by atoms with E-state index in [0.29, 0.717) is 6.07 Å². The average molecular weight is 256 g/mol. The number of halogens is 5. The lowest BCUT2D eigenvalue weighted by Crippen LogP contribution is -2.11. The van der Waals surface area contributed by atoms with Crippen molar-refractivity contribution in [1.82, 2.24) is 0 Å². The molecule has 0 bridgehead atoms. The Bertz CT molecular complexity index is 376. The first-order valence-corrected chi connectivity index (χ1v) is 4.11. The first kappa shape index (κ1) is 14.9. The quantitative estimate of drug-likeness (QED) is 0.636. The van der Waals surface area contributed by atoms with E-state index in [1.165, 1.54) is 6.08 Å². The maximum Gasteiger partial charge on any atom is 0.419 e. The van der Waals surface area contributed by atoms with Crippen molar-refractivity contribution in [2.45, 2.75) is 12.2 Å². The molecular weight excluding hydrogens is 246 g/mol. The number of benzene rings is 1. The van der Waals surface area contributed by atoms with Gasteiger partial charge in [0.2, 0.25) is 0 Å². The van der Waals surface area contributed by atoms with Gasteiger partial charge in [-0.05, 0) is 17.7 Å². The van der Waals surface area contributed by atoms with Crippen LogP contribution in [-0.4, -0.2) is 0 Å². The van der Waals surface area contributed by atoms with Gasteiger partial charge in [-0.25, -0.2) is 4.39 Å². The van der Waals surface area contributed by atoms with Crippen LogP contribution in [-0.2, 0) is 6.18 Å². The summed E-state index contributed by atoms with van der Waals surface area (Å²) in [6, 6.07) is 1.92. The lowest BCUT2D eigenvalue weighted by molar-refractivity contribution is -0.140. The molecule has 0 unspecified atom stereocenters. The van der Waals surface area contributed by atoms with Crippen LogP contribution in [0.15, 0.2) is 30.9 Å². The Balaban J connectivity index is 0.00000225. The maximum absolute atomic E-state index is 13.0. The molecule has 1 aromatic carbocycles. The second kappa shape index (κ2) is 5.32. The standard InChI is InChI=1S/C10H9F4N.ClH/c1-2-9(15)6-3-4-7(8(11)5-6)10(12,13)14;/h2-5,9H,1,15H2;1H/t9-;/m1./s1. The summed E-state index contributed by atoms with van der Waals surface area (Å²) >= 11 is 0. The van der Waals surface area contributed by atoms with E-state index in [9.17, 15) is 17.6 Å². The van der Waals surface area contributed by atoms with Crippen molar-refractivity contribution in [2.24, 2.45) is 5.73 Å². The highest BCUT2D eigenvalue weighted by atomic mass is 35.5. The summed E-state index contributed by atoms with van der Waals surface area (Å²) < 4.78 is 49.5. The SMILES string of the molecule is C=C[C@@H](N)c1ccc(C(F)(F)F)c(F)c1.Cl. The van der Waals surface area contributed by atoms with Crippen molar-refractivity contribution in [1.29, 1.82) is 0 Å². The molecule has 0 saturated heterocycles. The van der Waals surface area contributed by atoms with Crippen molar-refractivity contribution in [3.63, 3.8) is 0 Å². The van der Waals surface area contributed by atoms with E-state index in [2.05, 4.69) is 6.58 Å². The molecule has 0 aliphatic carbocycles. The van der Waals surface area contributed by atoms with Crippen molar-refractivity contribution < 1.29 is 17.6 Å². The maximum atomic E-state index is 13.0. The minimum Gasteiger partial charge on any atom is -0.321 e. The van der Waals surface area contributed by atoms with E-state index in [4.69, 9.17) is 5.73 Å².